The molecule has 0 heterocycles. The highest BCUT2D eigenvalue weighted by atomic mass is 35.5. The molecule has 148 valence electrons. The van der Waals surface area contributed by atoms with Crippen LogP contribution in [0.1, 0.15) is 33.2 Å². The van der Waals surface area contributed by atoms with Crippen molar-refractivity contribution in [3.8, 4) is 5.75 Å². The van der Waals surface area contributed by atoms with E-state index in [1.165, 1.54) is 18.2 Å². The number of esters is 1. The summed E-state index contributed by atoms with van der Waals surface area (Å²) in [5, 5.41) is 11.2. The number of carbonyl (C=O) groups excluding carboxylic acids is 2. The molecule has 7 heteroatoms. The van der Waals surface area contributed by atoms with E-state index in [0.29, 0.717) is 5.56 Å². The van der Waals surface area contributed by atoms with Crippen molar-refractivity contribution in [2.24, 2.45) is 5.84 Å². The van der Waals surface area contributed by atoms with Crippen LogP contribution in [0, 0.1) is 0 Å². The molecule has 1 unspecified atom stereocenters. The molecule has 4 N–H and O–H groups in total. The van der Waals surface area contributed by atoms with Crippen LogP contribution in [0.4, 0.5) is 0 Å². The topological polar surface area (TPSA) is 102 Å². The van der Waals surface area contributed by atoms with Crippen molar-refractivity contribution in [2.75, 3.05) is 0 Å². The first-order chi connectivity index (χ1) is 13.9. The number of hydrazine groups is 1. The molecular weight excluding hydrogens is 392 g/mol. The SMILES string of the molecule is CC(C=Cc1ccc(C(=O)NN)c2ccccc12)OC(=O)c1ccc(O)c(Cl)c1. The standard InChI is InChI=1S/C22H19ClN2O4/c1-13(29-22(28)15-9-11-20(26)19(23)12-15)6-7-14-8-10-18(21(27)25-24)17-5-3-2-4-16(14)17/h2-13,26H,24H2,1H3,(H,25,27). The molecule has 3 aromatic carbocycles. The molecule has 0 aromatic heterocycles. The number of fused-ring (bicyclic) bond motifs is 1. The van der Waals surface area contributed by atoms with Gasteiger partial charge in [0, 0.05) is 5.56 Å². The Morgan fingerprint density at radius 1 is 1.14 bits per heavy atom. The predicted molar refractivity (Wildman–Crippen MR) is 113 cm³/mol. The van der Waals surface area contributed by atoms with Crippen molar-refractivity contribution in [3.63, 3.8) is 0 Å². The molecule has 0 aliphatic carbocycles. The molecule has 0 saturated carbocycles. The zero-order chi connectivity index (χ0) is 21.0. The first-order valence-corrected chi connectivity index (χ1v) is 9.19. The Bertz CT molecular complexity index is 1110. The lowest BCUT2D eigenvalue weighted by molar-refractivity contribution is 0.0425. The van der Waals surface area contributed by atoms with E-state index >= 15 is 0 Å². The van der Waals surface area contributed by atoms with Gasteiger partial charge < -0.3 is 9.84 Å². The van der Waals surface area contributed by atoms with Gasteiger partial charge in [-0.2, -0.15) is 0 Å². The number of nitrogen functional groups attached to an aromatic ring is 1. The van der Waals surface area contributed by atoms with Crippen LogP contribution in [-0.4, -0.2) is 23.1 Å². The summed E-state index contributed by atoms with van der Waals surface area (Å²) < 4.78 is 5.40. The van der Waals surface area contributed by atoms with Crippen LogP contribution in [0.2, 0.25) is 5.02 Å². The first-order valence-electron chi connectivity index (χ1n) is 8.81. The lowest BCUT2D eigenvalue weighted by Crippen LogP contribution is -2.30. The molecule has 0 fully saturated rings. The second-order valence-electron chi connectivity index (χ2n) is 6.36. The van der Waals surface area contributed by atoms with E-state index in [2.05, 4.69) is 5.43 Å². The van der Waals surface area contributed by atoms with E-state index in [1.807, 2.05) is 30.3 Å². The number of nitrogens with one attached hydrogen (secondary N) is 1. The number of phenolic OH excluding ortho intramolecular Hbond substituents is 1. The number of rotatable bonds is 5. The molecule has 1 amide bonds. The number of hydrogen-bond donors (Lipinski definition) is 3. The summed E-state index contributed by atoms with van der Waals surface area (Å²) in [5.41, 5.74) is 3.74. The number of aromatic hydroxyl groups is 1. The van der Waals surface area contributed by atoms with Crippen LogP contribution in [0.3, 0.4) is 0 Å². The molecular formula is C22H19ClN2O4. The van der Waals surface area contributed by atoms with Gasteiger partial charge in [-0.05, 0) is 53.6 Å². The van der Waals surface area contributed by atoms with Crippen molar-refractivity contribution >= 4 is 40.3 Å². The number of carbonyl (C=O) groups is 2. The van der Waals surface area contributed by atoms with E-state index in [9.17, 15) is 14.7 Å². The maximum atomic E-state index is 12.2. The van der Waals surface area contributed by atoms with Crippen LogP contribution in [-0.2, 0) is 4.74 Å². The molecule has 0 saturated heterocycles. The van der Waals surface area contributed by atoms with Crippen molar-refractivity contribution in [1.82, 2.24) is 5.43 Å². The lowest BCUT2D eigenvalue weighted by Gasteiger charge is -2.11. The Morgan fingerprint density at radius 3 is 2.55 bits per heavy atom. The number of ether oxygens (including phenoxy) is 1. The van der Waals surface area contributed by atoms with E-state index in [0.717, 1.165) is 16.3 Å². The number of hydrogen-bond acceptors (Lipinski definition) is 5. The Kier molecular flexibility index (Phi) is 6.16. The summed E-state index contributed by atoms with van der Waals surface area (Å²) in [6.45, 7) is 1.73. The van der Waals surface area contributed by atoms with Crippen molar-refractivity contribution in [1.29, 1.82) is 0 Å². The number of phenols is 1. The maximum Gasteiger partial charge on any atom is 0.338 e. The number of halogens is 1. The second-order valence-corrected chi connectivity index (χ2v) is 6.76. The molecule has 29 heavy (non-hydrogen) atoms. The van der Waals surface area contributed by atoms with Crippen molar-refractivity contribution < 1.29 is 19.4 Å². The Morgan fingerprint density at radius 2 is 1.86 bits per heavy atom. The summed E-state index contributed by atoms with van der Waals surface area (Å²) in [7, 11) is 0. The van der Waals surface area contributed by atoms with Crippen LogP contribution in [0.5, 0.6) is 5.75 Å². The first kappa shape index (κ1) is 20.4. The minimum atomic E-state index is -0.552. The van der Waals surface area contributed by atoms with Gasteiger partial charge >= 0.3 is 5.97 Å². The fourth-order valence-electron chi connectivity index (χ4n) is 2.89. The summed E-state index contributed by atoms with van der Waals surface area (Å²) in [4.78, 5) is 24.2. The monoisotopic (exact) mass is 410 g/mol. The zero-order valence-corrected chi connectivity index (χ0v) is 16.3. The van der Waals surface area contributed by atoms with Crippen molar-refractivity contribution in [3.05, 3.63) is 82.4 Å². The summed E-state index contributed by atoms with van der Waals surface area (Å²) in [6.07, 6.45) is 3.05. The highest BCUT2D eigenvalue weighted by molar-refractivity contribution is 6.32. The minimum Gasteiger partial charge on any atom is -0.506 e. The molecule has 1 atom stereocenters. The van der Waals surface area contributed by atoms with Gasteiger partial charge in [0.15, 0.2) is 0 Å². The molecule has 0 bridgehead atoms. The molecule has 3 rings (SSSR count). The maximum absolute atomic E-state index is 12.2. The van der Waals surface area contributed by atoms with Gasteiger partial charge in [0.2, 0.25) is 0 Å². The van der Waals surface area contributed by atoms with Gasteiger partial charge in [0.1, 0.15) is 11.9 Å². The van der Waals surface area contributed by atoms with Gasteiger partial charge in [-0.3, -0.25) is 10.2 Å². The minimum absolute atomic E-state index is 0.0794. The van der Waals surface area contributed by atoms with E-state index in [1.54, 1.807) is 25.1 Å². The molecule has 3 aromatic rings. The summed E-state index contributed by atoms with van der Waals surface area (Å²) in [6, 6.07) is 15.1. The smallest absolute Gasteiger partial charge is 0.338 e. The second kappa shape index (κ2) is 8.77. The van der Waals surface area contributed by atoms with Crippen LogP contribution < -0.4 is 11.3 Å². The highest BCUT2D eigenvalue weighted by Gasteiger charge is 2.13. The molecule has 6 nitrogen and oxygen atoms in total. The van der Waals surface area contributed by atoms with E-state index < -0.39 is 12.1 Å². The van der Waals surface area contributed by atoms with E-state index in [4.69, 9.17) is 22.2 Å². The van der Waals surface area contributed by atoms with Crippen molar-refractivity contribution in [2.45, 2.75) is 13.0 Å². The van der Waals surface area contributed by atoms with Crippen LogP contribution in [0.25, 0.3) is 16.8 Å². The third-order valence-corrected chi connectivity index (χ3v) is 4.66. The van der Waals surface area contributed by atoms with Crippen LogP contribution in [0.15, 0.2) is 60.7 Å². The Labute approximate surface area is 172 Å². The molecule has 0 aliphatic heterocycles. The van der Waals surface area contributed by atoms with Gasteiger partial charge in [-0.25, -0.2) is 10.6 Å². The fraction of sp³-hybridized carbons (Fsp3) is 0.0909. The third-order valence-electron chi connectivity index (χ3n) is 4.36. The van der Waals surface area contributed by atoms with E-state index in [-0.39, 0.29) is 22.2 Å². The number of benzene rings is 3. The number of nitrogens with two attached hydrogens (primary N) is 1. The molecule has 0 spiro atoms. The van der Waals surface area contributed by atoms with Gasteiger partial charge in [-0.15, -0.1) is 0 Å². The Balaban J connectivity index is 1.80. The Hall–Kier alpha value is -3.35. The average Bonchev–Trinajstić information content (AvgIpc) is 2.73. The summed E-state index contributed by atoms with van der Waals surface area (Å²) in [5.74, 6) is 4.24. The fourth-order valence-corrected chi connectivity index (χ4v) is 3.07. The van der Waals surface area contributed by atoms with Gasteiger partial charge in [0.25, 0.3) is 5.91 Å². The van der Waals surface area contributed by atoms with Crippen LogP contribution >= 0.6 is 11.6 Å². The highest BCUT2D eigenvalue weighted by Crippen LogP contribution is 2.25. The zero-order valence-electron chi connectivity index (χ0n) is 15.6. The third kappa shape index (κ3) is 4.56. The quantitative estimate of drug-likeness (QED) is 0.255. The predicted octanol–water partition coefficient (Wildman–Crippen LogP) is 4.06. The average molecular weight is 411 g/mol. The largest absolute Gasteiger partial charge is 0.506 e. The van der Waals surface area contributed by atoms with Gasteiger partial charge in [-0.1, -0.05) is 48.0 Å². The van der Waals surface area contributed by atoms with Gasteiger partial charge in [0.05, 0.1) is 10.6 Å². The number of amides is 1. The normalized spacial score (nSPS) is 12.1. The summed E-state index contributed by atoms with van der Waals surface area (Å²) >= 11 is 5.83. The molecule has 0 aliphatic rings. The lowest BCUT2D eigenvalue weighted by atomic mass is 9.98. The molecule has 0 radical (unpaired) electrons.